The number of hydrogen-bond acceptors (Lipinski definition) is 5. The van der Waals surface area contributed by atoms with Gasteiger partial charge in [0.25, 0.3) is 5.91 Å². The van der Waals surface area contributed by atoms with Crippen LogP contribution in [0.3, 0.4) is 0 Å². The summed E-state index contributed by atoms with van der Waals surface area (Å²) in [6.45, 7) is 0.103. The molecule has 3 aromatic rings. The molecular formula is C17H13Cl2N3O2S. The Morgan fingerprint density at radius 2 is 2.08 bits per heavy atom. The molecule has 128 valence electrons. The van der Waals surface area contributed by atoms with Crippen molar-refractivity contribution in [1.82, 2.24) is 15.5 Å². The van der Waals surface area contributed by atoms with Gasteiger partial charge in [0.15, 0.2) is 0 Å². The van der Waals surface area contributed by atoms with Gasteiger partial charge in [-0.15, -0.1) is 11.8 Å². The molecule has 5 nitrogen and oxygen atoms in total. The standard InChI is InChI=1S/C17H13Cl2N3O2S/c1-25-12-5-6-14(19)13(8-12)17(23)20-9-15-21-16(22-24-15)10-3-2-4-11(18)7-10/h2-8H,9H2,1H3,(H,20,23). The zero-order valence-electron chi connectivity index (χ0n) is 13.1. The summed E-state index contributed by atoms with van der Waals surface area (Å²) in [5.74, 6) is 0.401. The van der Waals surface area contributed by atoms with Crippen molar-refractivity contribution in [2.45, 2.75) is 11.4 Å². The first kappa shape index (κ1) is 17.8. The van der Waals surface area contributed by atoms with E-state index in [-0.39, 0.29) is 12.5 Å². The Kier molecular flexibility index (Phi) is 5.63. The molecule has 0 spiro atoms. The molecule has 0 unspecified atom stereocenters. The highest BCUT2D eigenvalue weighted by Crippen LogP contribution is 2.23. The van der Waals surface area contributed by atoms with E-state index in [0.29, 0.717) is 27.3 Å². The maximum atomic E-state index is 12.3. The molecule has 3 rings (SSSR count). The Bertz CT molecular complexity index is 914. The second-order valence-electron chi connectivity index (χ2n) is 5.05. The molecule has 25 heavy (non-hydrogen) atoms. The van der Waals surface area contributed by atoms with Gasteiger partial charge in [-0.3, -0.25) is 4.79 Å². The van der Waals surface area contributed by atoms with Gasteiger partial charge < -0.3 is 9.84 Å². The van der Waals surface area contributed by atoms with E-state index in [4.69, 9.17) is 27.7 Å². The van der Waals surface area contributed by atoms with E-state index in [1.807, 2.05) is 18.4 Å². The first-order valence-electron chi connectivity index (χ1n) is 7.27. The number of amides is 1. The van der Waals surface area contributed by atoms with E-state index in [9.17, 15) is 4.79 Å². The molecule has 0 aliphatic rings. The number of nitrogens with zero attached hydrogens (tertiary/aromatic N) is 2. The smallest absolute Gasteiger partial charge is 0.253 e. The third-order valence-electron chi connectivity index (χ3n) is 3.37. The molecule has 0 radical (unpaired) electrons. The lowest BCUT2D eigenvalue weighted by atomic mass is 10.2. The van der Waals surface area contributed by atoms with Gasteiger partial charge in [-0.25, -0.2) is 0 Å². The number of hydrogen-bond donors (Lipinski definition) is 1. The molecule has 0 saturated carbocycles. The summed E-state index contributed by atoms with van der Waals surface area (Å²) in [7, 11) is 0. The fourth-order valence-corrected chi connectivity index (χ4v) is 2.96. The van der Waals surface area contributed by atoms with E-state index in [2.05, 4.69) is 15.5 Å². The van der Waals surface area contributed by atoms with E-state index in [0.717, 1.165) is 10.5 Å². The van der Waals surface area contributed by atoms with Gasteiger partial charge in [0.05, 0.1) is 17.1 Å². The van der Waals surface area contributed by atoms with E-state index in [1.165, 1.54) is 11.8 Å². The number of nitrogens with one attached hydrogen (secondary N) is 1. The van der Waals surface area contributed by atoms with Gasteiger partial charge in [-0.05, 0) is 36.6 Å². The number of benzene rings is 2. The van der Waals surface area contributed by atoms with Gasteiger partial charge in [0.2, 0.25) is 11.7 Å². The number of rotatable bonds is 5. The van der Waals surface area contributed by atoms with Crippen molar-refractivity contribution in [3.63, 3.8) is 0 Å². The predicted molar refractivity (Wildman–Crippen MR) is 99.1 cm³/mol. The van der Waals surface area contributed by atoms with Gasteiger partial charge in [0, 0.05) is 15.5 Å². The Balaban J connectivity index is 1.69. The van der Waals surface area contributed by atoms with Crippen molar-refractivity contribution >= 4 is 40.9 Å². The highest BCUT2D eigenvalue weighted by atomic mass is 35.5. The Morgan fingerprint density at radius 1 is 1.24 bits per heavy atom. The molecule has 1 N–H and O–H groups in total. The van der Waals surface area contributed by atoms with Crippen molar-refractivity contribution in [1.29, 1.82) is 0 Å². The van der Waals surface area contributed by atoms with Crippen LogP contribution in [-0.2, 0) is 6.54 Å². The van der Waals surface area contributed by atoms with Crippen LogP contribution in [0.5, 0.6) is 0 Å². The number of halogens is 2. The van der Waals surface area contributed by atoms with Crippen LogP contribution in [0, 0.1) is 0 Å². The molecule has 1 heterocycles. The minimum Gasteiger partial charge on any atom is -0.343 e. The van der Waals surface area contributed by atoms with Crippen LogP contribution in [0.25, 0.3) is 11.4 Å². The van der Waals surface area contributed by atoms with Crippen LogP contribution >= 0.6 is 35.0 Å². The van der Waals surface area contributed by atoms with Gasteiger partial charge in [-0.1, -0.05) is 40.5 Å². The third-order valence-corrected chi connectivity index (χ3v) is 4.66. The third kappa shape index (κ3) is 4.34. The minimum atomic E-state index is -0.302. The van der Waals surface area contributed by atoms with E-state index in [1.54, 1.807) is 30.3 Å². The average molecular weight is 394 g/mol. The summed E-state index contributed by atoms with van der Waals surface area (Å²) < 4.78 is 5.16. The zero-order valence-corrected chi connectivity index (χ0v) is 15.5. The highest BCUT2D eigenvalue weighted by Gasteiger charge is 2.14. The minimum absolute atomic E-state index is 0.103. The molecule has 0 fully saturated rings. The summed E-state index contributed by atoms with van der Waals surface area (Å²) in [6.07, 6.45) is 1.93. The van der Waals surface area contributed by atoms with E-state index < -0.39 is 0 Å². The summed E-state index contributed by atoms with van der Waals surface area (Å²) in [5.41, 5.74) is 1.15. The highest BCUT2D eigenvalue weighted by molar-refractivity contribution is 7.98. The molecule has 0 bridgehead atoms. The summed E-state index contributed by atoms with van der Waals surface area (Å²) in [5, 5.41) is 7.60. The second-order valence-corrected chi connectivity index (χ2v) is 6.77. The van der Waals surface area contributed by atoms with Crippen LogP contribution in [-0.4, -0.2) is 22.3 Å². The molecule has 0 aliphatic carbocycles. The summed E-state index contributed by atoms with van der Waals surface area (Å²) in [6, 6.07) is 12.4. The fourth-order valence-electron chi connectivity index (χ4n) is 2.13. The Labute approximate surface area is 158 Å². The molecular weight excluding hydrogens is 381 g/mol. The van der Waals surface area contributed by atoms with Gasteiger partial charge >= 0.3 is 0 Å². The molecule has 1 aromatic heterocycles. The topological polar surface area (TPSA) is 68.0 Å². The van der Waals surface area contributed by atoms with Crippen molar-refractivity contribution < 1.29 is 9.32 Å². The molecule has 0 atom stereocenters. The fraction of sp³-hybridized carbons (Fsp3) is 0.118. The Morgan fingerprint density at radius 3 is 2.84 bits per heavy atom. The van der Waals surface area contributed by atoms with Crippen LogP contribution in [0.4, 0.5) is 0 Å². The average Bonchev–Trinajstić information content (AvgIpc) is 3.09. The number of carbonyl (C=O) groups is 1. The zero-order chi connectivity index (χ0) is 17.8. The molecule has 2 aromatic carbocycles. The largest absolute Gasteiger partial charge is 0.343 e. The van der Waals surface area contributed by atoms with Crippen molar-refractivity contribution in [2.75, 3.05) is 6.26 Å². The van der Waals surface area contributed by atoms with Crippen LogP contribution in [0.2, 0.25) is 10.0 Å². The first-order chi connectivity index (χ1) is 12.1. The normalized spacial score (nSPS) is 10.7. The SMILES string of the molecule is CSc1ccc(Cl)c(C(=O)NCc2nc(-c3cccc(Cl)c3)no2)c1. The number of thioether (sulfide) groups is 1. The first-order valence-corrected chi connectivity index (χ1v) is 9.25. The summed E-state index contributed by atoms with van der Waals surface area (Å²) >= 11 is 13.6. The van der Waals surface area contributed by atoms with Crippen LogP contribution in [0.15, 0.2) is 51.9 Å². The number of aromatic nitrogens is 2. The maximum absolute atomic E-state index is 12.3. The number of carbonyl (C=O) groups excluding carboxylic acids is 1. The lowest BCUT2D eigenvalue weighted by Gasteiger charge is -2.06. The van der Waals surface area contributed by atoms with Gasteiger partial charge in [-0.2, -0.15) is 4.98 Å². The molecule has 1 amide bonds. The lowest BCUT2D eigenvalue weighted by molar-refractivity contribution is 0.0946. The van der Waals surface area contributed by atoms with E-state index >= 15 is 0 Å². The monoisotopic (exact) mass is 393 g/mol. The molecule has 8 heteroatoms. The molecule has 0 aliphatic heterocycles. The van der Waals surface area contributed by atoms with Crippen LogP contribution in [0.1, 0.15) is 16.2 Å². The van der Waals surface area contributed by atoms with Crippen LogP contribution < -0.4 is 5.32 Å². The lowest BCUT2D eigenvalue weighted by Crippen LogP contribution is -2.23. The quantitative estimate of drug-likeness (QED) is 0.636. The van der Waals surface area contributed by atoms with Crippen molar-refractivity contribution in [3.05, 3.63) is 64.0 Å². The van der Waals surface area contributed by atoms with Crippen molar-refractivity contribution in [3.8, 4) is 11.4 Å². The summed E-state index contributed by atoms with van der Waals surface area (Å²) in [4.78, 5) is 17.5. The van der Waals surface area contributed by atoms with Crippen molar-refractivity contribution in [2.24, 2.45) is 0 Å². The maximum Gasteiger partial charge on any atom is 0.253 e. The Hall–Kier alpha value is -2.02. The second kappa shape index (κ2) is 7.91. The predicted octanol–water partition coefficient (Wildman–Crippen LogP) is 4.70. The molecule has 0 saturated heterocycles. The van der Waals surface area contributed by atoms with Gasteiger partial charge in [0.1, 0.15) is 0 Å².